The molecule has 0 radical (unpaired) electrons. The monoisotopic (exact) mass is 353 g/mol. The first-order chi connectivity index (χ1) is 10.0. The van der Waals surface area contributed by atoms with Crippen molar-refractivity contribution in [3.05, 3.63) is 69.2 Å². The molecule has 0 aliphatic heterocycles. The molecule has 1 atom stereocenters. The first-order valence-electron chi connectivity index (χ1n) is 6.97. The van der Waals surface area contributed by atoms with Crippen LogP contribution in [0.15, 0.2) is 40.9 Å². The number of nitrogens with one attached hydrogen (secondary N) is 1. The molecule has 2 aromatic carbocycles. The van der Waals surface area contributed by atoms with Crippen molar-refractivity contribution in [2.45, 2.75) is 26.3 Å². The van der Waals surface area contributed by atoms with Gasteiger partial charge in [0.25, 0.3) is 0 Å². The normalized spacial score (nSPS) is 12.4. The van der Waals surface area contributed by atoms with Crippen LogP contribution in [0.5, 0.6) is 0 Å². The predicted molar refractivity (Wildman–Crippen MR) is 85.4 cm³/mol. The number of hydrogen-bond acceptors (Lipinski definition) is 1. The fourth-order valence-corrected chi connectivity index (χ4v) is 2.68. The van der Waals surface area contributed by atoms with E-state index in [0.717, 1.165) is 23.0 Å². The SMILES string of the molecule is CCCNC(c1cccc(Br)c1)c1cc(F)c(C)cc1F. The number of aryl methyl sites for hydroxylation is 1. The van der Waals surface area contributed by atoms with Gasteiger partial charge in [-0.1, -0.05) is 35.0 Å². The Labute approximate surface area is 132 Å². The van der Waals surface area contributed by atoms with E-state index < -0.39 is 0 Å². The van der Waals surface area contributed by atoms with E-state index in [1.165, 1.54) is 12.1 Å². The highest BCUT2D eigenvalue weighted by Gasteiger charge is 2.19. The lowest BCUT2D eigenvalue weighted by Crippen LogP contribution is -2.24. The molecule has 21 heavy (non-hydrogen) atoms. The van der Waals surface area contributed by atoms with Crippen LogP contribution in [0.2, 0.25) is 0 Å². The van der Waals surface area contributed by atoms with E-state index in [2.05, 4.69) is 21.2 Å². The number of hydrogen-bond donors (Lipinski definition) is 1. The average molecular weight is 354 g/mol. The lowest BCUT2D eigenvalue weighted by molar-refractivity contribution is 0.532. The Morgan fingerprint density at radius 1 is 1.14 bits per heavy atom. The molecule has 0 aromatic heterocycles. The molecule has 0 amide bonds. The van der Waals surface area contributed by atoms with E-state index in [-0.39, 0.29) is 17.7 Å². The highest BCUT2D eigenvalue weighted by atomic mass is 79.9. The van der Waals surface area contributed by atoms with Gasteiger partial charge in [0.2, 0.25) is 0 Å². The van der Waals surface area contributed by atoms with Gasteiger partial charge >= 0.3 is 0 Å². The van der Waals surface area contributed by atoms with Crippen LogP contribution in [-0.2, 0) is 0 Å². The molecule has 112 valence electrons. The summed E-state index contributed by atoms with van der Waals surface area (Å²) in [6.45, 7) is 4.33. The third kappa shape index (κ3) is 3.89. The average Bonchev–Trinajstić information content (AvgIpc) is 2.44. The van der Waals surface area contributed by atoms with E-state index in [4.69, 9.17) is 0 Å². The second kappa shape index (κ2) is 7.14. The minimum absolute atomic E-state index is 0.319. The zero-order valence-electron chi connectivity index (χ0n) is 12.1. The molecule has 0 bridgehead atoms. The van der Waals surface area contributed by atoms with Crippen LogP contribution < -0.4 is 5.32 Å². The molecule has 1 N–H and O–H groups in total. The van der Waals surface area contributed by atoms with Crippen LogP contribution in [0.4, 0.5) is 8.78 Å². The molecular formula is C17H18BrF2N. The summed E-state index contributed by atoms with van der Waals surface area (Å²) in [6, 6.07) is 9.81. The molecule has 0 heterocycles. The topological polar surface area (TPSA) is 12.0 Å². The van der Waals surface area contributed by atoms with Crippen LogP contribution in [-0.4, -0.2) is 6.54 Å². The van der Waals surface area contributed by atoms with Crippen LogP contribution >= 0.6 is 15.9 Å². The Balaban J connectivity index is 2.47. The standard InChI is InChI=1S/C17H18BrF2N/c1-3-7-21-17(12-5-4-6-13(18)9-12)14-10-15(19)11(2)8-16(14)20/h4-6,8-10,17,21H,3,7H2,1-2H3. The Morgan fingerprint density at radius 2 is 1.90 bits per heavy atom. The van der Waals surface area contributed by atoms with Gasteiger partial charge in [-0.3, -0.25) is 0 Å². The van der Waals surface area contributed by atoms with Gasteiger partial charge in [0.1, 0.15) is 11.6 Å². The summed E-state index contributed by atoms with van der Waals surface area (Å²) in [6.07, 6.45) is 0.917. The minimum atomic E-state index is -0.387. The van der Waals surface area contributed by atoms with E-state index in [0.29, 0.717) is 11.1 Å². The molecular weight excluding hydrogens is 336 g/mol. The fraction of sp³-hybridized carbons (Fsp3) is 0.294. The summed E-state index contributed by atoms with van der Waals surface area (Å²) in [5.41, 5.74) is 1.56. The smallest absolute Gasteiger partial charge is 0.128 e. The van der Waals surface area contributed by atoms with Crippen molar-refractivity contribution in [2.75, 3.05) is 6.54 Å². The number of benzene rings is 2. The van der Waals surface area contributed by atoms with Gasteiger partial charge in [-0.25, -0.2) is 8.78 Å². The van der Waals surface area contributed by atoms with Crippen molar-refractivity contribution < 1.29 is 8.78 Å². The highest BCUT2D eigenvalue weighted by molar-refractivity contribution is 9.10. The van der Waals surface area contributed by atoms with E-state index in [1.54, 1.807) is 6.92 Å². The third-order valence-electron chi connectivity index (χ3n) is 3.37. The molecule has 0 aliphatic rings. The van der Waals surface area contributed by atoms with Crippen molar-refractivity contribution in [3.63, 3.8) is 0 Å². The molecule has 4 heteroatoms. The Morgan fingerprint density at radius 3 is 2.57 bits per heavy atom. The maximum atomic E-state index is 14.3. The molecule has 0 spiro atoms. The summed E-state index contributed by atoms with van der Waals surface area (Å²) < 4.78 is 29.0. The van der Waals surface area contributed by atoms with Crippen molar-refractivity contribution in [1.82, 2.24) is 5.32 Å². The summed E-state index contributed by atoms with van der Waals surface area (Å²) in [4.78, 5) is 0. The van der Waals surface area contributed by atoms with Crippen molar-refractivity contribution in [2.24, 2.45) is 0 Å². The maximum absolute atomic E-state index is 14.3. The lowest BCUT2D eigenvalue weighted by Gasteiger charge is -2.21. The van der Waals surface area contributed by atoms with Gasteiger partial charge in [-0.2, -0.15) is 0 Å². The summed E-state index contributed by atoms with van der Waals surface area (Å²) in [5.74, 6) is -0.771. The van der Waals surface area contributed by atoms with E-state index >= 15 is 0 Å². The largest absolute Gasteiger partial charge is 0.306 e. The molecule has 0 fully saturated rings. The Bertz CT molecular complexity index is 628. The third-order valence-corrected chi connectivity index (χ3v) is 3.86. The second-order valence-corrected chi connectivity index (χ2v) is 5.98. The van der Waals surface area contributed by atoms with E-state index in [9.17, 15) is 8.78 Å². The second-order valence-electron chi connectivity index (χ2n) is 5.07. The van der Waals surface area contributed by atoms with Gasteiger partial charge in [0.15, 0.2) is 0 Å². The molecule has 0 aliphatic carbocycles. The predicted octanol–water partition coefficient (Wildman–Crippen LogP) is 5.12. The van der Waals surface area contributed by atoms with Crippen LogP contribution in [0.25, 0.3) is 0 Å². The highest BCUT2D eigenvalue weighted by Crippen LogP contribution is 2.28. The molecule has 1 unspecified atom stereocenters. The van der Waals surface area contributed by atoms with Gasteiger partial charge in [0.05, 0.1) is 6.04 Å². The molecule has 2 rings (SSSR count). The van der Waals surface area contributed by atoms with Crippen LogP contribution in [0.1, 0.15) is 36.1 Å². The summed E-state index contributed by atoms with van der Waals surface area (Å²) in [5, 5.41) is 3.29. The Kier molecular flexibility index (Phi) is 5.48. The zero-order valence-corrected chi connectivity index (χ0v) is 13.7. The lowest BCUT2D eigenvalue weighted by atomic mass is 9.97. The minimum Gasteiger partial charge on any atom is -0.306 e. The van der Waals surface area contributed by atoms with Gasteiger partial charge < -0.3 is 5.32 Å². The Hall–Kier alpha value is -1.26. The molecule has 0 saturated heterocycles. The summed E-state index contributed by atoms with van der Waals surface area (Å²) in [7, 11) is 0. The van der Waals surface area contributed by atoms with Crippen molar-refractivity contribution in [3.8, 4) is 0 Å². The van der Waals surface area contributed by atoms with Crippen LogP contribution in [0, 0.1) is 18.6 Å². The van der Waals surface area contributed by atoms with Gasteiger partial charge in [-0.05, 0) is 55.3 Å². The van der Waals surface area contributed by atoms with Crippen molar-refractivity contribution >= 4 is 15.9 Å². The fourth-order valence-electron chi connectivity index (χ4n) is 2.27. The first kappa shape index (κ1) is 16.1. The quantitative estimate of drug-likeness (QED) is 0.785. The van der Waals surface area contributed by atoms with E-state index in [1.807, 2.05) is 31.2 Å². The number of halogens is 3. The number of rotatable bonds is 5. The molecule has 0 saturated carbocycles. The zero-order chi connectivity index (χ0) is 15.4. The van der Waals surface area contributed by atoms with Gasteiger partial charge in [-0.15, -0.1) is 0 Å². The maximum Gasteiger partial charge on any atom is 0.128 e. The summed E-state index contributed by atoms with van der Waals surface area (Å²) >= 11 is 3.42. The van der Waals surface area contributed by atoms with Crippen LogP contribution in [0.3, 0.4) is 0 Å². The van der Waals surface area contributed by atoms with Gasteiger partial charge in [0, 0.05) is 10.0 Å². The molecule has 2 aromatic rings. The van der Waals surface area contributed by atoms with Crippen molar-refractivity contribution in [1.29, 1.82) is 0 Å². The first-order valence-corrected chi connectivity index (χ1v) is 7.76. The molecule has 1 nitrogen and oxygen atoms in total.